The van der Waals surface area contributed by atoms with Crippen LogP contribution in [0.5, 0.6) is 0 Å². The van der Waals surface area contributed by atoms with Crippen LogP contribution in [0, 0.1) is 5.92 Å². The Bertz CT molecular complexity index is 563. The van der Waals surface area contributed by atoms with Gasteiger partial charge in [-0.3, -0.25) is 4.79 Å². The lowest BCUT2D eigenvalue weighted by Crippen LogP contribution is -2.33. The third-order valence-corrected chi connectivity index (χ3v) is 4.66. The number of methoxy groups -OCH3 is 1. The first-order valence-corrected chi connectivity index (χ1v) is 7.86. The largest absolute Gasteiger partial charge is 0.386 e. The van der Waals surface area contributed by atoms with E-state index in [1.165, 1.54) is 0 Å². The van der Waals surface area contributed by atoms with Gasteiger partial charge in [-0.1, -0.05) is 25.1 Å². The molecule has 1 heterocycles. The van der Waals surface area contributed by atoms with Gasteiger partial charge in [0.2, 0.25) is 5.91 Å². The molecule has 4 nitrogen and oxygen atoms in total. The molecule has 2 N–H and O–H groups in total. The number of aliphatic hydroxyl groups is 1. The normalized spacial score (nSPS) is 14.0. The maximum atomic E-state index is 11.9. The lowest BCUT2D eigenvalue weighted by molar-refractivity contribution is -0.125. The van der Waals surface area contributed by atoms with E-state index in [1.54, 1.807) is 18.4 Å². The summed E-state index contributed by atoms with van der Waals surface area (Å²) in [6, 6.07) is 9.99. The van der Waals surface area contributed by atoms with Crippen molar-refractivity contribution in [1.82, 2.24) is 5.32 Å². The molecule has 0 saturated heterocycles. The van der Waals surface area contributed by atoms with Crippen molar-refractivity contribution in [2.75, 3.05) is 20.3 Å². The second-order valence-corrected chi connectivity index (χ2v) is 6.25. The number of benzene rings is 1. The molecule has 2 rings (SSSR count). The van der Waals surface area contributed by atoms with Crippen LogP contribution in [-0.4, -0.2) is 31.3 Å². The summed E-state index contributed by atoms with van der Waals surface area (Å²) in [7, 11) is 1.62. The highest BCUT2D eigenvalue weighted by molar-refractivity contribution is 7.19. The average molecular weight is 307 g/mol. The summed E-state index contributed by atoms with van der Waals surface area (Å²) >= 11 is 1.56. The van der Waals surface area contributed by atoms with Crippen LogP contribution in [0.15, 0.2) is 30.3 Å². The molecule has 0 bridgehead atoms. The van der Waals surface area contributed by atoms with E-state index in [0.29, 0.717) is 13.0 Å². The summed E-state index contributed by atoms with van der Waals surface area (Å²) in [5.41, 5.74) is 0. The smallest absolute Gasteiger partial charge is 0.223 e. The highest BCUT2D eigenvalue weighted by Crippen LogP contribution is 2.29. The molecule has 0 spiro atoms. The van der Waals surface area contributed by atoms with Crippen LogP contribution in [0.1, 0.15) is 24.3 Å². The summed E-state index contributed by atoms with van der Waals surface area (Å²) in [4.78, 5) is 12.8. The van der Waals surface area contributed by atoms with Crippen LogP contribution in [0.25, 0.3) is 10.1 Å². The first-order chi connectivity index (χ1) is 10.1. The lowest BCUT2D eigenvalue weighted by atomic mass is 10.1. The number of hydrogen-bond donors (Lipinski definition) is 2. The molecular formula is C16H21NO3S. The molecule has 0 aliphatic rings. The van der Waals surface area contributed by atoms with Crippen LogP contribution in [-0.2, 0) is 9.53 Å². The number of thiophene rings is 1. The highest BCUT2D eigenvalue weighted by atomic mass is 32.1. The number of carbonyl (C=O) groups excluding carboxylic acids is 1. The van der Waals surface area contributed by atoms with Crippen LogP contribution >= 0.6 is 11.3 Å². The van der Waals surface area contributed by atoms with Crippen LogP contribution in [0.3, 0.4) is 0 Å². The first kappa shape index (κ1) is 15.9. The molecule has 0 radical (unpaired) electrons. The third kappa shape index (κ3) is 4.27. The van der Waals surface area contributed by atoms with Gasteiger partial charge in [0.15, 0.2) is 0 Å². The van der Waals surface area contributed by atoms with Crippen molar-refractivity contribution in [1.29, 1.82) is 0 Å². The van der Waals surface area contributed by atoms with Gasteiger partial charge >= 0.3 is 0 Å². The number of rotatable bonds is 7. The minimum absolute atomic E-state index is 0.0489. The molecule has 0 aliphatic heterocycles. The van der Waals surface area contributed by atoms with Gasteiger partial charge in [-0.25, -0.2) is 0 Å². The van der Waals surface area contributed by atoms with E-state index in [4.69, 9.17) is 4.74 Å². The molecule has 21 heavy (non-hydrogen) atoms. The van der Waals surface area contributed by atoms with Gasteiger partial charge in [-0.15, -0.1) is 11.3 Å². The SMILES string of the molecule is COCCC(C)C(=O)NCC(O)c1cc2ccccc2s1. The zero-order valence-electron chi connectivity index (χ0n) is 12.3. The molecule has 0 fully saturated rings. The number of hydrogen-bond acceptors (Lipinski definition) is 4. The van der Waals surface area contributed by atoms with Gasteiger partial charge in [0, 0.05) is 35.8 Å². The number of carbonyl (C=O) groups is 1. The predicted molar refractivity (Wildman–Crippen MR) is 85.5 cm³/mol. The Morgan fingerprint density at radius 2 is 2.19 bits per heavy atom. The molecule has 1 amide bonds. The van der Waals surface area contributed by atoms with E-state index in [2.05, 4.69) is 5.32 Å². The van der Waals surface area contributed by atoms with Crippen molar-refractivity contribution in [3.05, 3.63) is 35.2 Å². The number of fused-ring (bicyclic) bond motifs is 1. The van der Waals surface area contributed by atoms with Gasteiger partial charge in [-0.2, -0.15) is 0 Å². The van der Waals surface area contributed by atoms with Crippen LogP contribution in [0.4, 0.5) is 0 Å². The van der Waals surface area contributed by atoms with Crippen molar-refractivity contribution in [2.24, 2.45) is 5.92 Å². The molecule has 114 valence electrons. The molecule has 0 saturated carbocycles. The third-order valence-electron chi connectivity index (χ3n) is 3.45. The molecule has 0 aliphatic carbocycles. The molecule has 1 aromatic heterocycles. The second-order valence-electron chi connectivity index (χ2n) is 5.13. The van der Waals surface area contributed by atoms with Gasteiger partial charge in [0.25, 0.3) is 0 Å². The van der Waals surface area contributed by atoms with Crippen molar-refractivity contribution in [2.45, 2.75) is 19.4 Å². The van der Waals surface area contributed by atoms with Gasteiger partial charge in [-0.05, 0) is 23.9 Å². The molecular weight excluding hydrogens is 286 g/mol. The summed E-state index contributed by atoms with van der Waals surface area (Å²) in [6.45, 7) is 2.66. The highest BCUT2D eigenvalue weighted by Gasteiger charge is 2.16. The Kier molecular flexibility index (Phi) is 5.73. The summed E-state index contributed by atoms with van der Waals surface area (Å²) in [5.74, 6) is -0.160. The maximum absolute atomic E-state index is 11.9. The first-order valence-electron chi connectivity index (χ1n) is 7.05. The fraction of sp³-hybridized carbons (Fsp3) is 0.438. The van der Waals surface area contributed by atoms with Crippen molar-refractivity contribution in [3.8, 4) is 0 Å². The van der Waals surface area contributed by atoms with Crippen molar-refractivity contribution < 1.29 is 14.6 Å². The van der Waals surface area contributed by atoms with Crippen LogP contribution < -0.4 is 5.32 Å². The summed E-state index contributed by atoms with van der Waals surface area (Å²) < 4.78 is 6.11. The van der Waals surface area contributed by atoms with Crippen molar-refractivity contribution >= 4 is 27.3 Å². The number of ether oxygens (including phenoxy) is 1. The van der Waals surface area contributed by atoms with E-state index >= 15 is 0 Å². The number of aliphatic hydroxyl groups excluding tert-OH is 1. The van der Waals surface area contributed by atoms with Crippen LogP contribution in [0.2, 0.25) is 0 Å². The quantitative estimate of drug-likeness (QED) is 0.827. The minimum Gasteiger partial charge on any atom is -0.386 e. The number of nitrogens with one attached hydrogen (secondary N) is 1. The van der Waals surface area contributed by atoms with Gasteiger partial charge in [0.05, 0.1) is 0 Å². The Balaban J connectivity index is 1.89. The molecule has 1 aromatic carbocycles. The van der Waals surface area contributed by atoms with Gasteiger partial charge < -0.3 is 15.2 Å². The minimum atomic E-state index is -0.666. The van der Waals surface area contributed by atoms with Crippen molar-refractivity contribution in [3.63, 3.8) is 0 Å². The fourth-order valence-corrected chi connectivity index (χ4v) is 3.12. The molecule has 2 aromatic rings. The Hall–Kier alpha value is -1.43. The second kappa shape index (κ2) is 7.54. The topological polar surface area (TPSA) is 58.6 Å². The average Bonchev–Trinajstić information content (AvgIpc) is 2.93. The zero-order valence-corrected chi connectivity index (χ0v) is 13.2. The predicted octanol–water partition coefficient (Wildman–Crippen LogP) is 2.72. The monoisotopic (exact) mass is 307 g/mol. The molecule has 2 atom stereocenters. The summed E-state index contributed by atoms with van der Waals surface area (Å²) in [5, 5.41) is 14.1. The maximum Gasteiger partial charge on any atom is 0.223 e. The van der Waals surface area contributed by atoms with E-state index < -0.39 is 6.10 Å². The van der Waals surface area contributed by atoms with E-state index in [0.717, 1.165) is 15.0 Å². The Morgan fingerprint density at radius 1 is 1.43 bits per heavy atom. The van der Waals surface area contributed by atoms with E-state index in [1.807, 2.05) is 37.3 Å². The Labute approximate surface area is 128 Å². The summed E-state index contributed by atoms with van der Waals surface area (Å²) in [6.07, 6.45) is 0.0161. The lowest BCUT2D eigenvalue weighted by Gasteiger charge is -2.14. The number of amides is 1. The fourth-order valence-electron chi connectivity index (χ4n) is 2.06. The van der Waals surface area contributed by atoms with Gasteiger partial charge in [0.1, 0.15) is 6.10 Å². The van der Waals surface area contributed by atoms with E-state index in [-0.39, 0.29) is 18.4 Å². The van der Waals surface area contributed by atoms with E-state index in [9.17, 15) is 9.90 Å². The molecule has 2 unspecified atom stereocenters. The molecule has 5 heteroatoms. The zero-order chi connectivity index (χ0) is 15.2. The Morgan fingerprint density at radius 3 is 2.90 bits per heavy atom. The standard InChI is InChI=1S/C16H21NO3S/c1-11(7-8-20-2)16(19)17-10-13(18)15-9-12-5-3-4-6-14(12)21-15/h3-6,9,11,13,18H,7-8,10H2,1-2H3,(H,17,19).